The number of hydrogen-bond acceptors (Lipinski definition) is 6. The summed E-state index contributed by atoms with van der Waals surface area (Å²) in [6.07, 6.45) is 7.00. The van der Waals surface area contributed by atoms with Gasteiger partial charge in [-0.2, -0.15) is 0 Å². The summed E-state index contributed by atoms with van der Waals surface area (Å²) in [5.41, 5.74) is 11.0. The summed E-state index contributed by atoms with van der Waals surface area (Å²) in [4.78, 5) is 11.4. The number of nitrogen functional groups attached to an aromatic ring is 1. The van der Waals surface area contributed by atoms with Crippen LogP contribution >= 0.6 is 0 Å². The fourth-order valence-electron chi connectivity index (χ4n) is 3.52. The van der Waals surface area contributed by atoms with Gasteiger partial charge in [0.25, 0.3) is 0 Å². The zero-order valence-corrected chi connectivity index (χ0v) is 15.7. The molecule has 0 saturated carbocycles. The molecule has 2 aromatic carbocycles. The van der Waals surface area contributed by atoms with Crippen molar-refractivity contribution >= 4 is 34.2 Å². The maximum absolute atomic E-state index is 7.77. The molecule has 0 amide bonds. The number of piperidine rings is 1. The number of para-hydroxylation sites is 2. The van der Waals surface area contributed by atoms with Gasteiger partial charge >= 0.3 is 0 Å². The third-order valence-corrected chi connectivity index (χ3v) is 5.10. The van der Waals surface area contributed by atoms with Crippen molar-refractivity contribution in [2.75, 3.05) is 23.7 Å². The van der Waals surface area contributed by atoms with Gasteiger partial charge in [-0.1, -0.05) is 18.2 Å². The molecule has 6 heteroatoms. The van der Waals surface area contributed by atoms with Crippen LogP contribution in [0.2, 0.25) is 0 Å². The van der Waals surface area contributed by atoms with Gasteiger partial charge in [0.15, 0.2) is 0 Å². The van der Waals surface area contributed by atoms with Crippen LogP contribution in [0.15, 0.2) is 60.9 Å². The van der Waals surface area contributed by atoms with E-state index in [0.717, 1.165) is 48.2 Å². The quantitative estimate of drug-likeness (QED) is 0.471. The molecule has 6 nitrogen and oxygen atoms in total. The fraction of sp³-hybridized carbons (Fsp3) is 0.227. The first-order chi connectivity index (χ1) is 13.7. The van der Waals surface area contributed by atoms with Crippen molar-refractivity contribution in [3.8, 4) is 0 Å². The predicted octanol–water partition coefficient (Wildman–Crippen LogP) is 3.46. The molecule has 2 heterocycles. The molecule has 0 atom stereocenters. The lowest BCUT2D eigenvalue weighted by Crippen LogP contribution is -2.41. The van der Waals surface area contributed by atoms with E-state index in [1.807, 2.05) is 48.7 Å². The van der Waals surface area contributed by atoms with Crippen LogP contribution < -0.4 is 16.0 Å². The van der Waals surface area contributed by atoms with Crippen molar-refractivity contribution in [2.24, 2.45) is 0 Å². The number of rotatable bonds is 5. The first-order valence-electron chi connectivity index (χ1n) is 9.52. The van der Waals surface area contributed by atoms with Crippen LogP contribution in [0.3, 0.4) is 0 Å². The number of aromatic nitrogens is 2. The maximum Gasteiger partial charge on any atom is 0.0922 e. The summed E-state index contributed by atoms with van der Waals surface area (Å²) < 4.78 is 0. The van der Waals surface area contributed by atoms with Crippen LogP contribution in [0.25, 0.3) is 16.6 Å². The normalized spacial score (nSPS) is 15.6. The Labute approximate surface area is 164 Å². The summed E-state index contributed by atoms with van der Waals surface area (Å²) >= 11 is 0. The third kappa shape index (κ3) is 3.96. The average Bonchev–Trinajstić information content (AvgIpc) is 2.74. The number of nitrogens with zero attached hydrogens (tertiary/aromatic N) is 3. The van der Waals surface area contributed by atoms with Crippen LogP contribution in [-0.2, 0) is 0 Å². The Bertz CT molecular complexity index is 1000. The topological polar surface area (TPSA) is 90.9 Å². The second-order valence-electron chi connectivity index (χ2n) is 7.01. The van der Waals surface area contributed by atoms with E-state index in [2.05, 4.69) is 26.3 Å². The molecule has 0 bridgehead atoms. The number of allylic oxidation sites excluding steroid dienone is 1. The fourth-order valence-corrected chi connectivity index (χ4v) is 3.52. The van der Waals surface area contributed by atoms with Crippen LogP contribution in [0.4, 0.5) is 11.4 Å². The summed E-state index contributed by atoms with van der Waals surface area (Å²) in [6, 6.07) is 16.2. The van der Waals surface area contributed by atoms with E-state index < -0.39 is 0 Å². The summed E-state index contributed by atoms with van der Waals surface area (Å²) in [6.45, 7) is 1.95. The van der Waals surface area contributed by atoms with E-state index in [4.69, 9.17) is 11.1 Å². The van der Waals surface area contributed by atoms with Gasteiger partial charge in [0.1, 0.15) is 0 Å². The smallest absolute Gasteiger partial charge is 0.0922 e. The first kappa shape index (κ1) is 18.0. The second-order valence-corrected chi connectivity index (χ2v) is 7.01. The second kappa shape index (κ2) is 8.08. The zero-order chi connectivity index (χ0) is 19.3. The van der Waals surface area contributed by atoms with Gasteiger partial charge in [0.2, 0.25) is 0 Å². The number of fused-ring (bicyclic) bond motifs is 1. The Morgan fingerprint density at radius 3 is 2.64 bits per heavy atom. The molecule has 4 rings (SSSR count). The largest absolute Gasteiger partial charge is 0.399 e. The van der Waals surface area contributed by atoms with E-state index in [1.165, 1.54) is 11.9 Å². The Balaban J connectivity index is 1.41. The van der Waals surface area contributed by atoms with Crippen molar-refractivity contribution in [3.63, 3.8) is 0 Å². The zero-order valence-electron chi connectivity index (χ0n) is 15.7. The molecule has 142 valence electrons. The van der Waals surface area contributed by atoms with E-state index in [0.29, 0.717) is 11.7 Å². The van der Waals surface area contributed by atoms with Crippen molar-refractivity contribution in [1.29, 1.82) is 5.41 Å². The van der Waals surface area contributed by atoms with E-state index in [-0.39, 0.29) is 0 Å². The van der Waals surface area contributed by atoms with Gasteiger partial charge in [0, 0.05) is 48.5 Å². The molecule has 1 aliphatic heterocycles. The highest BCUT2D eigenvalue weighted by molar-refractivity contribution is 6.07. The SMILES string of the molecule is N=C/C(=C\NC1CCN(c2cccc(N)c2)CC1)c1cnc2ccccc2n1. The van der Waals surface area contributed by atoms with Gasteiger partial charge in [-0.15, -0.1) is 0 Å². The van der Waals surface area contributed by atoms with E-state index >= 15 is 0 Å². The molecule has 28 heavy (non-hydrogen) atoms. The van der Waals surface area contributed by atoms with Gasteiger partial charge in [-0.25, -0.2) is 4.98 Å². The third-order valence-electron chi connectivity index (χ3n) is 5.10. The first-order valence-corrected chi connectivity index (χ1v) is 9.52. The number of benzene rings is 2. The van der Waals surface area contributed by atoms with Gasteiger partial charge < -0.3 is 21.4 Å². The summed E-state index contributed by atoms with van der Waals surface area (Å²) in [7, 11) is 0. The minimum absolute atomic E-state index is 0.376. The van der Waals surface area contributed by atoms with Crippen LogP contribution in [-0.4, -0.2) is 35.3 Å². The molecule has 0 spiro atoms. The molecular formula is C22H24N6. The average molecular weight is 372 g/mol. The Hall–Kier alpha value is -3.41. The maximum atomic E-state index is 7.77. The van der Waals surface area contributed by atoms with Crippen molar-refractivity contribution in [1.82, 2.24) is 15.3 Å². The van der Waals surface area contributed by atoms with Gasteiger partial charge in [0.05, 0.1) is 22.9 Å². The van der Waals surface area contributed by atoms with E-state index in [1.54, 1.807) is 6.20 Å². The van der Waals surface area contributed by atoms with Crippen LogP contribution in [0.5, 0.6) is 0 Å². The minimum Gasteiger partial charge on any atom is -0.399 e. The Morgan fingerprint density at radius 1 is 1.11 bits per heavy atom. The molecule has 0 unspecified atom stereocenters. The number of anilines is 2. The minimum atomic E-state index is 0.376. The highest BCUT2D eigenvalue weighted by Crippen LogP contribution is 2.22. The molecule has 4 N–H and O–H groups in total. The predicted molar refractivity (Wildman–Crippen MR) is 116 cm³/mol. The lowest BCUT2D eigenvalue weighted by molar-refractivity contribution is 0.455. The van der Waals surface area contributed by atoms with Crippen molar-refractivity contribution < 1.29 is 0 Å². The van der Waals surface area contributed by atoms with Gasteiger partial charge in [-0.05, 0) is 43.2 Å². The number of nitrogens with one attached hydrogen (secondary N) is 2. The van der Waals surface area contributed by atoms with Crippen LogP contribution in [0.1, 0.15) is 18.5 Å². The van der Waals surface area contributed by atoms with Crippen molar-refractivity contribution in [2.45, 2.75) is 18.9 Å². The van der Waals surface area contributed by atoms with Crippen LogP contribution in [0, 0.1) is 5.41 Å². The number of nitrogens with two attached hydrogens (primary N) is 1. The lowest BCUT2D eigenvalue weighted by Gasteiger charge is -2.34. The highest BCUT2D eigenvalue weighted by atomic mass is 15.1. The molecular weight excluding hydrogens is 348 g/mol. The summed E-state index contributed by atoms with van der Waals surface area (Å²) in [5, 5.41) is 11.2. The van der Waals surface area contributed by atoms with Gasteiger partial charge in [-0.3, -0.25) is 4.98 Å². The standard InChI is InChI=1S/C22H24N6/c23-13-16(22-15-26-20-6-1-2-7-21(20)27-22)14-25-18-8-10-28(11-9-18)19-5-3-4-17(24)12-19/h1-7,12-15,18,23,25H,8-11,24H2/b16-14+,23-13?. The molecule has 3 aromatic rings. The molecule has 1 fully saturated rings. The summed E-state index contributed by atoms with van der Waals surface area (Å²) in [5.74, 6) is 0. The Kier molecular flexibility index (Phi) is 5.19. The highest BCUT2D eigenvalue weighted by Gasteiger charge is 2.18. The molecule has 0 radical (unpaired) electrons. The molecule has 0 aliphatic carbocycles. The molecule has 1 aliphatic rings. The molecule has 1 saturated heterocycles. The Morgan fingerprint density at radius 2 is 1.89 bits per heavy atom. The van der Waals surface area contributed by atoms with E-state index in [9.17, 15) is 0 Å². The number of hydrogen-bond donors (Lipinski definition) is 3. The lowest BCUT2D eigenvalue weighted by atomic mass is 10.0. The molecule has 1 aromatic heterocycles. The monoisotopic (exact) mass is 372 g/mol. The van der Waals surface area contributed by atoms with Crippen molar-refractivity contribution in [3.05, 3.63) is 66.6 Å².